The Morgan fingerprint density at radius 1 is 1.13 bits per heavy atom. The fraction of sp³-hybridized carbons (Fsp3) is 0.350. The summed E-state index contributed by atoms with van der Waals surface area (Å²) < 4.78 is 39.4. The molecule has 1 aromatic heterocycles. The molecule has 1 fully saturated rings. The zero-order valence-electron chi connectivity index (χ0n) is 16.7. The van der Waals surface area contributed by atoms with Gasteiger partial charge < -0.3 is 9.88 Å². The summed E-state index contributed by atoms with van der Waals surface area (Å²) in [7, 11) is 0. The van der Waals surface area contributed by atoms with E-state index in [0.29, 0.717) is 5.56 Å². The van der Waals surface area contributed by atoms with Gasteiger partial charge in [0.2, 0.25) is 0 Å². The Balaban J connectivity index is 1.86. The molecule has 1 aliphatic heterocycles. The van der Waals surface area contributed by atoms with E-state index >= 15 is 0 Å². The van der Waals surface area contributed by atoms with Crippen molar-refractivity contribution in [3.63, 3.8) is 0 Å². The van der Waals surface area contributed by atoms with Gasteiger partial charge in [-0.25, -0.2) is 4.79 Å². The van der Waals surface area contributed by atoms with Crippen molar-refractivity contribution < 1.29 is 27.6 Å². The van der Waals surface area contributed by atoms with Crippen molar-refractivity contribution in [1.82, 2.24) is 14.8 Å². The van der Waals surface area contributed by atoms with Crippen molar-refractivity contribution >= 4 is 40.9 Å². The van der Waals surface area contributed by atoms with Crippen LogP contribution in [0.5, 0.6) is 0 Å². The van der Waals surface area contributed by atoms with Gasteiger partial charge in [-0.15, -0.1) is 0 Å². The Kier molecular flexibility index (Phi) is 5.88. The number of carbonyl (C=O) groups is 3. The summed E-state index contributed by atoms with van der Waals surface area (Å²) in [5.74, 6) is -1.34. The molecule has 3 rings (SSSR count). The Bertz CT molecular complexity index is 1100. The first-order chi connectivity index (χ1) is 14.2. The Hall–Kier alpha value is -2.52. The third kappa shape index (κ3) is 4.29. The van der Waals surface area contributed by atoms with E-state index in [2.05, 4.69) is 5.32 Å². The lowest BCUT2D eigenvalue weighted by Gasteiger charge is -2.22. The number of halogens is 5. The van der Waals surface area contributed by atoms with Crippen molar-refractivity contribution in [2.45, 2.75) is 39.0 Å². The lowest BCUT2D eigenvalue weighted by molar-refractivity contribution is -0.141. The van der Waals surface area contributed by atoms with Crippen LogP contribution in [0.1, 0.15) is 34.2 Å². The van der Waals surface area contributed by atoms with Crippen LogP contribution in [0.2, 0.25) is 10.0 Å². The highest BCUT2D eigenvalue weighted by Crippen LogP contribution is 2.33. The predicted molar refractivity (Wildman–Crippen MR) is 108 cm³/mol. The number of ketones is 1. The molecular formula is C20H18Cl2F3N3O3. The number of aromatic nitrogens is 1. The number of benzene rings is 1. The zero-order chi connectivity index (χ0) is 23.3. The smallest absolute Gasteiger partial charge is 0.339 e. The molecule has 1 aliphatic rings. The fourth-order valence-corrected chi connectivity index (χ4v) is 3.88. The highest BCUT2D eigenvalue weighted by molar-refractivity contribution is 6.42. The maximum absolute atomic E-state index is 13.0. The van der Waals surface area contributed by atoms with Gasteiger partial charge in [0.15, 0.2) is 5.78 Å². The van der Waals surface area contributed by atoms with E-state index in [-0.39, 0.29) is 27.0 Å². The fourth-order valence-electron chi connectivity index (χ4n) is 3.58. The van der Waals surface area contributed by atoms with Gasteiger partial charge in [0.05, 0.1) is 16.6 Å². The number of alkyl halides is 3. The van der Waals surface area contributed by atoms with Crippen LogP contribution in [-0.2, 0) is 16.9 Å². The number of nitrogens with one attached hydrogen (secondary N) is 1. The molecule has 0 saturated carbocycles. The maximum Gasteiger partial charge on any atom is 0.406 e. The van der Waals surface area contributed by atoms with Gasteiger partial charge in [-0.05, 0) is 44.5 Å². The molecule has 2 aromatic rings. The number of urea groups is 1. The normalized spacial score (nSPS) is 19.2. The second-order valence-electron chi connectivity index (χ2n) is 7.48. The quantitative estimate of drug-likeness (QED) is 0.506. The standard InChI is InChI=1S/C20H18Cl2F3N3O3/c1-10-6-13(11(2)28(10)9-20(23,24)25)16(29)8-27-17(30)19(3,26-18(27)31)12-4-5-14(21)15(22)7-12/h4-7H,8-9H2,1-3H3,(H,26,31). The Morgan fingerprint density at radius 3 is 2.35 bits per heavy atom. The lowest BCUT2D eigenvalue weighted by atomic mass is 9.92. The van der Waals surface area contributed by atoms with Crippen LogP contribution >= 0.6 is 23.2 Å². The third-order valence-electron chi connectivity index (χ3n) is 5.29. The number of amides is 3. The molecule has 2 heterocycles. The molecule has 1 saturated heterocycles. The monoisotopic (exact) mass is 475 g/mol. The first-order valence-corrected chi connectivity index (χ1v) is 9.86. The van der Waals surface area contributed by atoms with E-state index in [0.717, 1.165) is 9.47 Å². The molecule has 3 amide bonds. The molecule has 166 valence electrons. The van der Waals surface area contributed by atoms with Gasteiger partial charge in [-0.2, -0.15) is 13.2 Å². The number of hydrogen-bond acceptors (Lipinski definition) is 3. The molecule has 1 N–H and O–H groups in total. The first-order valence-electron chi connectivity index (χ1n) is 9.11. The number of imide groups is 1. The van der Waals surface area contributed by atoms with Crippen LogP contribution in [0.25, 0.3) is 0 Å². The van der Waals surface area contributed by atoms with E-state index in [1.54, 1.807) is 0 Å². The van der Waals surface area contributed by atoms with Gasteiger partial charge >= 0.3 is 12.2 Å². The highest BCUT2D eigenvalue weighted by atomic mass is 35.5. The minimum atomic E-state index is -4.46. The molecule has 1 aromatic carbocycles. The van der Waals surface area contributed by atoms with E-state index < -0.39 is 42.5 Å². The topological polar surface area (TPSA) is 71.4 Å². The van der Waals surface area contributed by atoms with Crippen molar-refractivity contribution in [2.24, 2.45) is 0 Å². The van der Waals surface area contributed by atoms with Crippen LogP contribution < -0.4 is 5.32 Å². The molecule has 0 bridgehead atoms. The summed E-state index contributed by atoms with van der Waals surface area (Å²) in [6, 6.07) is 4.98. The molecule has 31 heavy (non-hydrogen) atoms. The molecule has 0 aliphatic carbocycles. The number of carbonyl (C=O) groups excluding carboxylic acids is 3. The van der Waals surface area contributed by atoms with E-state index in [1.165, 1.54) is 45.0 Å². The number of rotatable bonds is 5. The van der Waals surface area contributed by atoms with Gasteiger partial charge in [-0.1, -0.05) is 29.3 Å². The van der Waals surface area contributed by atoms with Crippen LogP contribution in [0.3, 0.4) is 0 Å². The van der Waals surface area contributed by atoms with Gasteiger partial charge in [-0.3, -0.25) is 14.5 Å². The average Bonchev–Trinajstić information content (AvgIpc) is 3.05. The second kappa shape index (κ2) is 7.87. The number of Topliss-reactive ketones (excluding diaryl/α,β-unsaturated/α-hetero) is 1. The van der Waals surface area contributed by atoms with Crippen LogP contribution in [-0.4, -0.2) is 39.9 Å². The van der Waals surface area contributed by atoms with Crippen molar-refractivity contribution in [1.29, 1.82) is 0 Å². The lowest BCUT2D eigenvalue weighted by Crippen LogP contribution is -2.41. The summed E-state index contributed by atoms with van der Waals surface area (Å²) in [5, 5.41) is 3.00. The zero-order valence-corrected chi connectivity index (χ0v) is 18.2. The number of nitrogens with zero attached hydrogens (tertiary/aromatic N) is 2. The van der Waals surface area contributed by atoms with Gasteiger partial charge in [0.1, 0.15) is 12.1 Å². The largest absolute Gasteiger partial charge is 0.406 e. The minimum absolute atomic E-state index is 0.0190. The van der Waals surface area contributed by atoms with E-state index in [4.69, 9.17) is 23.2 Å². The van der Waals surface area contributed by atoms with Crippen molar-refractivity contribution in [2.75, 3.05) is 6.54 Å². The Morgan fingerprint density at radius 2 is 1.77 bits per heavy atom. The molecule has 1 atom stereocenters. The first kappa shape index (κ1) is 23.1. The van der Waals surface area contributed by atoms with Crippen LogP contribution in [0.15, 0.2) is 24.3 Å². The van der Waals surface area contributed by atoms with Crippen LogP contribution in [0.4, 0.5) is 18.0 Å². The molecule has 0 radical (unpaired) electrons. The van der Waals surface area contributed by atoms with Crippen molar-refractivity contribution in [3.8, 4) is 0 Å². The summed E-state index contributed by atoms with van der Waals surface area (Å²) in [4.78, 5) is 39.0. The second-order valence-corrected chi connectivity index (χ2v) is 8.30. The predicted octanol–water partition coefficient (Wildman–Crippen LogP) is 4.62. The number of aryl methyl sites for hydroxylation is 1. The van der Waals surface area contributed by atoms with E-state index in [9.17, 15) is 27.6 Å². The van der Waals surface area contributed by atoms with Gasteiger partial charge in [0, 0.05) is 17.0 Å². The molecule has 0 spiro atoms. The number of hydrogen-bond donors (Lipinski definition) is 1. The highest BCUT2D eigenvalue weighted by Gasteiger charge is 2.49. The summed E-state index contributed by atoms with van der Waals surface area (Å²) in [5.41, 5.74) is -0.724. The molecule has 11 heteroatoms. The van der Waals surface area contributed by atoms with Crippen LogP contribution in [0, 0.1) is 13.8 Å². The molecular weight excluding hydrogens is 458 g/mol. The summed E-state index contributed by atoms with van der Waals surface area (Å²) >= 11 is 11.9. The molecule has 6 nitrogen and oxygen atoms in total. The third-order valence-corrected chi connectivity index (χ3v) is 6.02. The SMILES string of the molecule is Cc1cc(C(=O)CN2C(=O)NC(C)(c3ccc(Cl)c(Cl)c3)C2=O)c(C)n1CC(F)(F)F. The molecule has 1 unspecified atom stereocenters. The van der Waals surface area contributed by atoms with Crippen molar-refractivity contribution in [3.05, 3.63) is 56.8 Å². The average molecular weight is 476 g/mol. The van der Waals surface area contributed by atoms with Gasteiger partial charge in [0.25, 0.3) is 5.91 Å². The summed E-state index contributed by atoms with van der Waals surface area (Å²) in [6.45, 7) is 2.45. The maximum atomic E-state index is 13.0. The van der Waals surface area contributed by atoms with E-state index in [1.807, 2.05) is 0 Å². The summed E-state index contributed by atoms with van der Waals surface area (Å²) in [6.07, 6.45) is -4.46. The minimum Gasteiger partial charge on any atom is -0.339 e. The Labute approximate surface area is 185 Å².